The van der Waals surface area contributed by atoms with Crippen LogP contribution in [-0.2, 0) is 17.4 Å². The highest BCUT2D eigenvalue weighted by atomic mass is 35.5. The van der Waals surface area contributed by atoms with Gasteiger partial charge in [0.2, 0.25) is 0 Å². The average Bonchev–Trinajstić information content (AvgIpc) is 3.33. The lowest BCUT2D eigenvalue weighted by Gasteiger charge is -2.37. The molecule has 0 bridgehead atoms. The molecule has 9 heteroatoms. The van der Waals surface area contributed by atoms with Gasteiger partial charge in [0.1, 0.15) is 17.2 Å². The molecule has 5 rings (SSSR count). The number of halogens is 2. The van der Waals surface area contributed by atoms with Gasteiger partial charge in [-0.1, -0.05) is 11.6 Å². The Kier molecular flexibility index (Phi) is 5.33. The number of nitrogens with zero attached hydrogens (tertiary/aromatic N) is 3. The first-order valence-electron chi connectivity index (χ1n) is 10.1. The van der Waals surface area contributed by atoms with Crippen LogP contribution in [0.5, 0.6) is 0 Å². The van der Waals surface area contributed by atoms with Gasteiger partial charge < -0.3 is 10.1 Å². The molecule has 1 atom stereocenters. The number of hydrogen-bond donors (Lipinski definition) is 1. The van der Waals surface area contributed by atoms with Crippen LogP contribution in [0.3, 0.4) is 0 Å². The highest BCUT2D eigenvalue weighted by Crippen LogP contribution is 2.38. The van der Waals surface area contributed by atoms with Crippen LogP contribution in [0.1, 0.15) is 17.1 Å². The molecule has 1 aliphatic heterocycles. The van der Waals surface area contributed by atoms with Crippen molar-refractivity contribution in [1.82, 2.24) is 19.9 Å². The van der Waals surface area contributed by atoms with Crippen LogP contribution in [0.15, 0.2) is 45.9 Å². The fourth-order valence-corrected chi connectivity index (χ4v) is 4.96. The van der Waals surface area contributed by atoms with Gasteiger partial charge in [-0.3, -0.25) is 9.36 Å². The maximum absolute atomic E-state index is 15.0. The fourth-order valence-electron chi connectivity index (χ4n) is 4.08. The van der Waals surface area contributed by atoms with Crippen molar-refractivity contribution in [2.24, 2.45) is 7.05 Å². The van der Waals surface area contributed by atoms with Gasteiger partial charge in [0.15, 0.2) is 0 Å². The van der Waals surface area contributed by atoms with Crippen molar-refractivity contribution in [3.05, 3.63) is 79.4 Å². The van der Waals surface area contributed by atoms with E-state index in [1.165, 1.54) is 10.6 Å². The Labute approximate surface area is 192 Å². The molecule has 1 fully saturated rings. The number of benzene rings is 1. The monoisotopic (exact) mass is 470 g/mol. The third-order valence-corrected chi connectivity index (χ3v) is 6.79. The van der Waals surface area contributed by atoms with Gasteiger partial charge in [-0.2, -0.15) is 11.3 Å². The molecule has 1 aliphatic rings. The zero-order valence-corrected chi connectivity index (χ0v) is 19.1. The topological polar surface area (TPSA) is 69.0 Å². The van der Waals surface area contributed by atoms with Crippen molar-refractivity contribution in [1.29, 1.82) is 0 Å². The molecule has 0 amide bonds. The summed E-state index contributed by atoms with van der Waals surface area (Å²) in [6, 6.07) is 8.12. The molecule has 0 aliphatic carbocycles. The minimum Gasteiger partial charge on any atom is -0.361 e. The van der Waals surface area contributed by atoms with E-state index in [2.05, 4.69) is 10.3 Å². The highest BCUT2D eigenvalue weighted by molar-refractivity contribution is 7.08. The van der Waals surface area contributed by atoms with Gasteiger partial charge >= 0.3 is 0 Å². The molecule has 1 N–H and O–H groups in total. The first-order chi connectivity index (χ1) is 15.4. The number of rotatable bonds is 3. The molecule has 32 heavy (non-hydrogen) atoms. The number of aryl methyl sites for hydroxylation is 1. The van der Waals surface area contributed by atoms with Gasteiger partial charge in [-0.15, -0.1) is 0 Å². The number of hydrogen-bond acceptors (Lipinski definition) is 6. The second kappa shape index (κ2) is 8.04. The zero-order valence-electron chi connectivity index (χ0n) is 17.5. The number of thiophene rings is 1. The van der Waals surface area contributed by atoms with Gasteiger partial charge in [0.25, 0.3) is 5.56 Å². The summed E-state index contributed by atoms with van der Waals surface area (Å²) in [4.78, 5) is 22.7. The van der Waals surface area contributed by atoms with Crippen molar-refractivity contribution in [3.63, 3.8) is 0 Å². The minimum absolute atomic E-state index is 0.188. The third kappa shape index (κ3) is 3.34. The van der Waals surface area contributed by atoms with Crippen molar-refractivity contribution in [3.8, 4) is 11.3 Å². The van der Waals surface area contributed by atoms with Crippen molar-refractivity contribution >= 4 is 33.8 Å². The van der Waals surface area contributed by atoms with E-state index in [-0.39, 0.29) is 27.2 Å². The van der Waals surface area contributed by atoms with Crippen LogP contribution >= 0.6 is 22.9 Å². The van der Waals surface area contributed by atoms with E-state index in [9.17, 15) is 4.79 Å². The Balaban J connectivity index is 1.88. The lowest BCUT2D eigenvalue weighted by molar-refractivity contribution is -0.0428. The molecule has 4 heterocycles. The Morgan fingerprint density at radius 1 is 1.28 bits per heavy atom. The van der Waals surface area contributed by atoms with Crippen LogP contribution in [0.4, 0.5) is 4.39 Å². The average molecular weight is 471 g/mol. The molecule has 6 nitrogen and oxygen atoms in total. The Morgan fingerprint density at radius 2 is 2.12 bits per heavy atom. The number of morpholine rings is 1. The van der Waals surface area contributed by atoms with Crippen molar-refractivity contribution < 1.29 is 9.13 Å². The van der Waals surface area contributed by atoms with Gasteiger partial charge in [-0.05, 0) is 48.0 Å². The first-order valence-corrected chi connectivity index (χ1v) is 11.4. The highest BCUT2D eigenvalue weighted by Gasteiger charge is 2.40. The standard InChI is InChI=1S/C23H20ClFN4O2S/c1-13-27-18-10-19(23(12-26-6-7-31-23)14-5-8-32-11-14)28-21(20(18)22(30)29(13)2)16-4-3-15(24)9-17(16)25/h3-5,8-11,26H,6-7,12H2,1-2H3/t23-/m1/s1. The molecular weight excluding hydrogens is 451 g/mol. The van der Waals surface area contributed by atoms with Crippen LogP contribution in [-0.4, -0.2) is 34.2 Å². The summed E-state index contributed by atoms with van der Waals surface area (Å²) in [5, 5.41) is 7.90. The molecule has 0 saturated carbocycles. The van der Waals surface area contributed by atoms with Crippen molar-refractivity contribution in [2.45, 2.75) is 12.5 Å². The van der Waals surface area contributed by atoms with Crippen LogP contribution in [0.2, 0.25) is 5.02 Å². The molecule has 4 aromatic rings. The van der Waals surface area contributed by atoms with E-state index in [4.69, 9.17) is 21.3 Å². The zero-order chi connectivity index (χ0) is 22.5. The van der Waals surface area contributed by atoms with E-state index in [1.54, 1.807) is 43.5 Å². The summed E-state index contributed by atoms with van der Waals surface area (Å²) in [6.45, 7) is 3.46. The molecule has 0 unspecified atom stereocenters. The molecule has 0 radical (unpaired) electrons. The predicted octanol–water partition coefficient (Wildman–Crippen LogP) is 4.02. The van der Waals surface area contributed by atoms with E-state index >= 15 is 4.39 Å². The van der Waals surface area contributed by atoms with Gasteiger partial charge in [0, 0.05) is 36.3 Å². The Morgan fingerprint density at radius 3 is 2.81 bits per heavy atom. The van der Waals surface area contributed by atoms with Gasteiger partial charge in [-0.25, -0.2) is 14.4 Å². The molecule has 3 aromatic heterocycles. The maximum Gasteiger partial charge on any atom is 0.263 e. The Hall–Kier alpha value is -2.65. The number of aromatic nitrogens is 3. The van der Waals surface area contributed by atoms with E-state index in [0.717, 1.165) is 12.1 Å². The van der Waals surface area contributed by atoms with E-state index < -0.39 is 11.4 Å². The SMILES string of the molecule is Cc1nc2cc([C@]3(c4ccsc4)CNCCO3)nc(-c3ccc(Cl)cc3F)c2c(=O)n1C. The number of fused-ring (bicyclic) bond motifs is 1. The lowest BCUT2D eigenvalue weighted by Crippen LogP contribution is -2.48. The quantitative estimate of drug-likeness (QED) is 0.489. The number of pyridine rings is 1. The molecule has 0 spiro atoms. The summed E-state index contributed by atoms with van der Waals surface area (Å²) in [6.07, 6.45) is 0. The predicted molar refractivity (Wildman–Crippen MR) is 124 cm³/mol. The largest absolute Gasteiger partial charge is 0.361 e. The summed E-state index contributed by atoms with van der Waals surface area (Å²) < 4.78 is 22.8. The number of ether oxygens (including phenoxy) is 1. The molecule has 164 valence electrons. The second-order valence-corrected chi connectivity index (χ2v) is 8.98. The van der Waals surface area contributed by atoms with Crippen molar-refractivity contribution in [2.75, 3.05) is 19.7 Å². The summed E-state index contributed by atoms with van der Waals surface area (Å²) >= 11 is 7.54. The smallest absolute Gasteiger partial charge is 0.263 e. The minimum atomic E-state index is -0.874. The lowest BCUT2D eigenvalue weighted by atomic mass is 9.89. The molecule has 1 saturated heterocycles. The second-order valence-electron chi connectivity index (χ2n) is 7.76. The van der Waals surface area contributed by atoms with Gasteiger partial charge in [0.05, 0.1) is 28.9 Å². The Bertz CT molecular complexity index is 1380. The van der Waals surface area contributed by atoms with Crippen LogP contribution in [0.25, 0.3) is 22.2 Å². The fraction of sp³-hybridized carbons (Fsp3) is 0.261. The molecule has 1 aromatic carbocycles. The van der Waals surface area contributed by atoms with E-state index in [1.807, 2.05) is 16.8 Å². The summed E-state index contributed by atoms with van der Waals surface area (Å²) in [5.74, 6) is -0.00667. The summed E-state index contributed by atoms with van der Waals surface area (Å²) in [5.41, 5.74) is 1.22. The van der Waals surface area contributed by atoms with Crippen LogP contribution < -0.4 is 10.9 Å². The first kappa shape index (κ1) is 21.2. The summed E-state index contributed by atoms with van der Waals surface area (Å²) in [7, 11) is 1.64. The number of nitrogens with one attached hydrogen (secondary N) is 1. The van der Waals surface area contributed by atoms with Crippen LogP contribution in [0, 0.1) is 12.7 Å². The normalized spacial score (nSPS) is 18.9. The molecular formula is C23H20ClFN4O2S. The third-order valence-electron chi connectivity index (χ3n) is 5.87. The maximum atomic E-state index is 15.0. The van der Waals surface area contributed by atoms with E-state index in [0.29, 0.717) is 30.2 Å².